The zero-order valence-electron chi connectivity index (χ0n) is 34.7. The van der Waals surface area contributed by atoms with Gasteiger partial charge in [0, 0.05) is 48.8 Å². The van der Waals surface area contributed by atoms with Gasteiger partial charge in [0.25, 0.3) is 5.69 Å². The monoisotopic (exact) mass is 789 g/mol. The van der Waals surface area contributed by atoms with E-state index in [1.54, 1.807) is 12.1 Å². The lowest BCUT2D eigenvalue weighted by molar-refractivity contribution is -0.571. The molecule has 3 saturated carbocycles. The summed E-state index contributed by atoms with van der Waals surface area (Å²) in [7, 11) is 0. The molecule has 7 saturated heterocycles. The number of rotatable bonds is 10. The predicted molar refractivity (Wildman–Crippen MR) is 210 cm³/mol. The first-order chi connectivity index (χ1) is 27.1. The van der Waals surface area contributed by atoms with E-state index in [1.165, 1.54) is 12.1 Å². The topological polar surface area (TPSA) is 125 Å². The highest BCUT2D eigenvalue weighted by Crippen LogP contribution is 2.63. The number of carbonyl (C=O) groups is 1. The van der Waals surface area contributed by atoms with Crippen molar-refractivity contribution < 1.29 is 43.5 Å². The molecule has 4 bridgehead atoms. The molecule has 57 heavy (non-hydrogen) atoms. The number of ether oxygens (including phenoxy) is 3. The molecule has 11 nitrogen and oxygen atoms in total. The van der Waals surface area contributed by atoms with Crippen molar-refractivity contribution in [2.45, 2.75) is 166 Å². The molecule has 1 aromatic rings. The van der Waals surface area contributed by atoms with Gasteiger partial charge in [-0.25, -0.2) is 19.6 Å². The fraction of sp³-hybridized carbons (Fsp3) is 0.761. The minimum Gasteiger partial charge on any atom is -0.371 e. The summed E-state index contributed by atoms with van der Waals surface area (Å²) in [5.74, 6) is 1.08. The van der Waals surface area contributed by atoms with Crippen molar-refractivity contribution >= 4 is 11.5 Å². The summed E-state index contributed by atoms with van der Waals surface area (Å²) in [4.78, 5) is 50.3. The van der Waals surface area contributed by atoms with Crippen LogP contribution in [0.1, 0.15) is 129 Å². The second-order valence-electron chi connectivity index (χ2n) is 20.2. The number of hydrogen-bond acceptors (Lipinski definition) is 10. The van der Waals surface area contributed by atoms with Gasteiger partial charge < -0.3 is 14.2 Å². The molecule has 3 aliphatic carbocycles. The maximum absolute atomic E-state index is 14.1. The lowest BCUT2D eigenvalue weighted by Gasteiger charge is -2.61. The Morgan fingerprint density at radius 2 is 1.35 bits per heavy atom. The summed E-state index contributed by atoms with van der Waals surface area (Å²) in [6, 6.07) is 5.88. The molecule has 11 rings (SSSR count). The van der Waals surface area contributed by atoms with Gasteiger partial charge >= 0.3 is 0 Å². The van der Waals surface area contributed by atoms with Gasteiger partial charge in [-0.3, -0.25) is 14.9 Å². The van der Waals surface area contributed by atoms with Gasteiger partial charge in [0.15, 0.2) is 17.7 Å². The van der Waals surface area contributed by atoms with Crippen LogP contribution in [0, 0.1) is 63.4 Å². The smallest absolute Gasteiger partial charge is 0.269 e. The van der Waals surface area contributed by atoms with Gasteiger partial charge in [0.05, 0.1) is 23.2 Å². The minimum atomic E-state index is -0.870. The number of nitro groups is 1. The fourth-order valence-corrected chi connectivity index (χ4v) is 13.4. The highest BCUT2D eigenvalue weighted by Gasteiger charge is 2.70. The van der Waals surface area contributed by atoms with Crippen molar-refractivity contribution in [3.63, 3.8) is 0 Å². The number of hydrogen-bond donors (Lipinski definition) is 0. The Bertz CT molecular complexity index is 1690. The van der Waals surface area contributed by atoms with E-state index in [0.29, 0.717) is 36.2 Å². The van der Waals surface area contributed by atoms with Crippen LogP contribution < -0.4 is 0 Å². The Hall–Kier alpha value is -2.51. The Balaban J connectivity index is 0.984. The number of nitro benzene ring substituents is 1. The summed E-state index contributed by atoms with van der Waals surface area (Å²) in [6.45, 7) is 22.7. The molecule has 0 N–H and O–H groups in total. The maximum atomic E-state index is 14.1. The lowest BCUT2D eigenvalue weighted by atomic mass is 9.55. The van der Waals surface area contributed by atoms with Gasteiger partial charge in [-0.05, 0) is 125 Å². The highest BCUT2D eigenvalue weighted by molar-refractivity contribution is 5.96. The van der Waals surface area contributed by atoms with E-state index >= 15 is 0 Å². The first-order valence-electron chi connectivity index (χ1n) is 21.9. The fourth-order valence-electron chi connectivity index (χ4n) is 13.4. The Morgan fingerprint density at radius 3 is 2.00 bits per heavy atom. The lowest BCUT2D eigenvalue weighted by Crippen LogP contribution is -2.70. The van der Waals surface area contributed by atoms with Crippen molar-refractivity contribution in [2.24, 2.45) is 53.3 Å². The van der Waals surface area contributed by atoms with Crippen LogP contribution in [0.2, 0.25) is 0 Å². The summed E-state index contributed by atoms with van der Waals surface area (Å²) >= 11 is 0. The zero-order chi connectivity index (χ0) is 40.2. The summed E-state index contributed by atoms with van der Waals surface area (Å²) < 4.78 is 20.9. The first kappa shape index (κ1) is 39.9. The Kier molecular flexibility index (Phi) is 10.0. The highest BCUT2D eigenvalue weighted by atomic mass is 17.3. The third-order valence-electron chi connectivity index (χ3n) is 16.8. The second kappa shape index (κ2) is 14.3. The second-order valence-corrected chi connectivity index (χ2v) is 20.2. The average Bonchev–Trinajstić information content (AvgIpc) is 3.55. The average molecular weight is 790 g/mol. The predicted octanol–water partition coefficient (Wildman–Crippen LogP) is 9.64. The number of benzene rings is 1. The zero-order valence-corrected chi connectivity index (χ0v) is 34.7. The van der Waals surface area contributed by atoms with E-state index in [9.17, 15) is 14.9 Å². The van der Waals surface area contributed by atoms with Crippen LogP contribution in [0.5, 0.6) is 0 Å². The summed E-state index contributed by atoms with van der Waals surface area (Å²) in [5, 5.41) is 11.4. The van der Waals surface area contributed by atoms with E-state index in [-0.39, 0.29) is 77.3 Å². The summed E-state index contributed by atoms with van der Waals surface area (Å²) in [5.41, 5.74) is 0.678. The van der Waals surface area contributed by atoms with Gasteiger partial charge in [0.2, 0.25) is 5.79 Å². The van der Waals surface area contributed by atoms with Crippen LogP contribution in [-0.4, -0.2) is 57.9 Å². The first-order valence-corrected chi connectivity index (χ1v) is 21.9. The van der Waals surface area contributed by atoms with E-state index in [1.807, 2.05) is 6.92 Å². The molecule has 10 fully saturated rings. The van der Waals surface area contributed by atoms with Gasteiger partial charge in [-0.15, -0.1) is 0 Å². The number of fused-ring (bicyclic) bond motifs is 4. The molecule has 2 spiro atoms. The van der Waals surface area contributed by atoms with Crippen LogP contribution >= 0.6 is 0 Å². The number of carbonyl (C=O) groups excluding carboxylic acids is 1. The molecule has 2 unspecified atom stereocenters. The number of non-ortho nitro benzene ring substituents is 1. The van der Waals surface area contributed by atoms with Crippen LogP contribution in [0.15, 0.2) is 48.6 Å². The van der Waals surface area contributed by atoms with E-state index in [4.69, 9.17) is 46.9 Å². The molecule has 17 atom stereocenters. The molecule has 11 heteroatoms. The molecule has 0 amide bonds. The molecular weight excluding hydrogens is 727 g/mol. The van der Waals surface area contributed by atoms with E-state index < -0.39 is 28.2 Å². The molecule has 7 aliphatic heterocycles. The molecule has 1 aromatic carbocycles. The molecule has 10 aliphatic rings. The normalized spacial score (nSPS) is 47.5. The van der Waals surface area contributed by atoms with Crippen LogP contribution in [-0.2, 0) is 33.8 Å². The van der Waals surface area contributed by atoms with Crippen LogP contribution in [0.3, 0.4) is 0 Å². The van der Waals surface area contributed by atoms with Crippen molar-refractivity contribution in [3.8, 4) is 0 Å². The Labute approximate surface area is 337 Å². The van der Waals surface area contributed by atoms with Gasteiger partial charge in [0.1, 0.15) is 11.2 Å². The third-order valence-corrected chi connectivity index (χ3v) is 16.8. The van der Waals surface area contributed by atoms with Gasteiger partial charge in [-0.1, -0.05) is 52.0 Å². The standard InChI is InChI=1S/C46H63NO10/c1-25-9-15-36-29(5)39(51-41-24-43(7)19-17-34(25)45(36,41)56-54-43)21-27(3)33(23-38(48)31-11-13-32(14-12-31)47(49)50)28(4)22-40-30(6)37-16-10-26(2)35-18-20-44(8)53-42(52-40)46(35,37)57-55-44/h11-14,25-26,29-30,33-37,39-42H,3-4,9-10,15-24H2,1-2,5-8H3/t25-,26-,29-,30-,33?,34+,35+,36+,37+,39-,40-,41-,42?,43+,44+,45-,46-/m1/s1. The van der Waals surface area contributed by atoms with Crippen molar-refractivity contribution in [3.05, 3.63) is 64.2 Å². The molecule has 312 valence electrons. The summed E-state index contributed by atoms with van der Waals surface area (Å²) in [6.07, 6.45) is 9.17. The number of Topliss-reactive ketones (excluding diaryl/α,β-unsaturated/α-hetero) is 1. The molecule has 0 radical (unpaired) electrons. The number of nitrogens with zero attached hydrogens (tertiary/aromatic N) is 1. The number of ketones is 1. The minimum absolute atomic E-state index is 0.0499. The quantitative estimate of drug-likeness (QED) is 0.0744. The van der Waals surface area contributed by atoms with Crippen molar-refractivity contribution in [1.82, 2.24) is 0 Å². The molecular formula is C46H63NO10. The largest absolute Gasteiger partial charge is 0.371 e. The van der Waals surface area contributed by atoms with Gasteiger partial charge in [-0.2, -0.15) is 0 Å². The van der Waals surface area contributed by atoms with Crippen molar-refractivity contribution in [2.75, 3.05) is 0 Å². The maximum Gasteiger partial charge on any atom is 0.269 e. The third kappa shape index (κ3) is 6.35. The van der Waals surface area contributed by atoms with Crippen LogP contribution in [0.4, 0.5) is 5.69 Å². The van der Waals surface area contributed by atoms with E-state index in [2.05, 4.69) is 34.6 Å². The SMILES string of the molecule is C=C(C[C@H]1OC2O[C@]3(C)CC[C@H]4[C@H](C)CC[C@@H]([C@H]1C)[C@@]24OO3)C(CC(=O)c1ccc([N+](=O)[O-])cc1)C(=C)C[C@H]1O[C@@H]2C[C@]3(C)CC[C@H]4[C@H](C)CC[C@@H]([C@H]1C)[C@@]24OO3. The Morgan fingerprint density at radius 1 is 0.772 bits per heavy atom. The van der Waals surface area contributed by atoms with Crippen molar-refractivity contribution in [1.29, 1.82) is 0 Å². The molecule has 7 heterocycles. The van der Waals surface area contributed by atoms with E-state index in [0.717, 1.165) is 68.9 Å². The molecule has 0 aromatic heterocycles. The van der Waals surface area contributed by atoms with Crippen LogP contribution in [0.25, 0.3) is 0 Å².